The zero-order chi connectivity index (χ0) is 12.3. The van der Waals surface area contributed by atoms with Crippen LogP contribution in [0.3, 0.4) is 0 Å². The molecule has 0 heterocycles. The van der Waals surface area contributed by atoms with Crippen LogP contribution in [0.1, 0.15) is 6.92 Å². The molecule has 0 aliphatic carbocycles. The van der Waals surface area contributed by atoms with Crippen LogP contribution in [-0.2, 0) is 10.0 Å². The van der Waals surface area contributed by atoms with E-state index < -0.39 is 21.9 Å². The van der Waals surface area contributed by atoms with E-state index in [-0.39, 0.29) is 0 Å². The van der Waals surface area contributed by atoms with Crippen molar-refractivity contribution in [3.63, 3.8) is 0 Å². The Morgan fingerprint density at radius 3 is 2.69 bits per heavy atom. The Balaban J connectivity index is 2.97. The van der Waals surface area contributed by atoms with E-state index in [4.69, 9.17) is 16.7 Å². The molecule has 0 bridgehead atoms. The minimum absolute atomic E-state index is 0.295. The van der Waals surface area contributed by atoms with E-state index in [0.29, 0.717) is 10.7 Å². The van der Waals surface area contributed by atoms with Gasteiger partial charge in [0.25, 0.3) is 0 Å². The molecule has 1 atom stereocenters. The summed E-state index contributed by atoms with van der Waals surface area (Å²) in [5, 5.41) is 8.21. The third kappa shape index (κ3) is 3.35. The second-order valence-corrected chi connectivity index (χ2v) is 6.69. The summed E-state index contributed by atoms with van der Waals surface area (Å²) in [6.07, 6.45) is 0. The number of rotatable bonds is 4. The van der Waals surface area contributed by atoms with Gasteiger partial charge >= 0.3 is 0 Å². The van der Waals surface area contributed by atoms with Crippen molar-refractivity contribution in [2.75, 3.05) is 11.3 Å². The number of hydrogen-bond donors (Lipinski definition) is 2. The molecule has 90 valence electrons. The van der Waals surface area contributed by atoms with Gasteiger partial charge < -0.3 is 5.11 Å². The number of sulfonamides is 1. The van der Waals surface area contributed by atoms with Gasteiger partial charge in [-0.2, -0.15) is 0 Å². The molecule has 0 spiro atoms. The Labute approximate surface area is 108 Å². The average Bonchev–Trinajstić information content (AvgIpc) is 2.21. The third-order valence-electron chi connectivity index (χ3n) is 1.97. The van der Waals surface area contributed by atoms with E-state index in [9.17, 15) is 8.42 Å². The van der Waals surface area contributed by atoms with Gasteiger partial charge in [0.15, 0.2) is 0 Å². The Kier molecular flexibility index (Phi) is 4.61. The van der Waals surface area contributed by atoms with E-state index in [1.807, 2.05) is 0 Å². The largest absolute Gasteiger partial charge is 0.395 e. The minimum Gasteiger partial charge on any atom is -0.395 e. The highest BCUT2D eigenvalue weighted by atomic mass is 79.9. The summed E-state index contributed by atoms with van der Waals surface area (Å²) in [5.74, 6) is 0. The molecule has 0 saturated carbocycles. The van der Waals surface area contributed by atoms with Crippen LogP contribution in [0.4, 0.5) is 5.69 Å². The zero-order valence-corrected chi connectivity index (χ0v) is 11.6. The van der Waals surface area contributed by atoms with Crippen LogP contribution in [-0.4, -0.2) is 25.4 Å². The first kappa shape index (κ1) is 13.8. The van der Waals surface area contributed by atoms with Gasteiger partial charge in [-0.15, -0.1) is 0 Å². The van der Waals surface area contributed by atoms with Crippen molar-refractivity contribution < 1.29 is 13.5 Å². The summed E-state index contributed by atoms with van der Waals surface area (Å²) in [7, 11) is -3.60. The van der Waals surface area contributed by atoms with Gasteiger partial charge in [-0.05, 0) is 25.1 Å². The summed E-state index contributed by atoms with van der Waals surface area (Å²) >= 11 is 9.08. The lowest BCUT2D eigenvalue weighted by Crippen LogP contribution is -2.28. The van der Waals surface area contributed by atoms with Crippen molar-refractivity contribution in [1.29, 1.82) is 0 Å². The number of hydrogen-bond acceptors (Lipinski definition) is 3. The van der Waals surface area contributed by atoms with Crippen LogP contribution in [0.5, 0.6) is 0 Å². The first-order chi connectivity index (χ1) is 7.36. The SMILES string of the molecule is CC(CO)S(=O)(=O)Nc1ccc(Br)cc1Cl. The monoisotopic (exact) mass is 327 g/mol. The Hall–Kier alpha value is -0.300. The number of aliphatic hydroxyl groups is 1. The number of halogens is 2. The number of aliphatic hydroxyl groups excluding tert-OH is 1. The Morgan fingerprint density at radius 2 is 2.19 bits per heavy atom. The maximum absolute atomic E-state index is 11.6. The molecule has 1 rings (SSSR count). The molecule has 16 heavy (non-hydrogen) atoms. The minimum atomic E-state index is -3.60. The van der Waals surface area contributed by atoms with Crippen molar-refractivity contribution in [3.8, 4) is 0 Å². The van der Waals surface area contributed by atoms with E-state index in [1.54, 1.807) is 18.2 Å². The highest BCUT2D eigenvalue weighted by Crippen LogP contribution is 2.26. The molecule has 7 heteroatoms. The number of benzene rings is 1. The van der Waals surface area contributed by atoms with Gasteiger partial charge in [0.05, 0.1) is 17.3 Å². The van der Waals surface area contributed by atoms with Crippen LogP contribution in [0.2, 0.25) is 5.02 Å². The molecular weight excluding hydrogens is 318 g/mol. The summed E-state index contributed by atoms with van der Waals surface area (Å²) in [4.78, 5) is 0. The van der Waals surface area contributed by atoms with Crippen molar-refractivity contribution in [2.45, 2.75) is 12.2 Å². The fourth-order valence-corrected chi connectivity index (χ4v) is 2.58. The lowest BCUT2D eigenvalue weighted by atomic mass is 10.3. The van der Waals surface area contributed by atoms with Crippen LogP contribution < -0.4 is 4.72 Å². The molecule has 0 saturated heterocycles. The molecule has 0 aliphatic rings. The van der Waals surface area contributed by atoms with Crippen LogP contribution >= 0.6 is 27.5 Å². The van der Waals surface area contributed by atoms with Crippen molar-refractivity contribution in [2.24, 2.45) is 0 Å². The standard InChI is InChI=1S/C9H11BrClNO3S/c1-6(5-13)16(14,15)12-9-3-2-7(10)4-8(9)11/h2-4,6,12-13H,5H2,1H3. The predicted octanol–water partition coefficient (Wildman–Crippen LogP) is 2.22. The molecule has 0 aromatic heterocycles. The lowest BCUT2D eigenvalue weighted by Gasteiger charge is -2.13. The Bertz CT molecular complexity index is 478. The molecule has 0 radical (unpaired) electrons. The molecule has 1 aromatic rings. The molecule has 1 unspecified atom stereocenters. The van der Waals surface area contributed by atoms with Crippen molar-refractivity contribution >= 4 is 43.2 Å². The highest BCUT2D eigenvalue weighted by molar-refractivity contribution is 9.10. The molecule has 0 aliphatic heterocycles. The first-order valence-electron chi connectivity index (χ1n) is 4.44. The van der Waals surface area contributed by atoms with E-state index in [2.05, 4.69) is 20.7 Å². The molecule has 1 aromatic carbocycles. The fourth-order valence-electron chi connectivity index (χ4n) is 0.924. The van der Waals surface area contributed by atoms with Gasteiger partial charge in [0.2, 0.25) is 10.0 Å². The van der Waals surface area contributed by atoms with Gasteiger partial charge in [-0.3, -0.25) is 4.72 Å². The quantitative estimate of drug-likeness (QED) is 0.890. The van der Waals surface area contributed by atoms with Crippen LogP contribution in [0, 0.1) is 0 Å². The molecule has 0 fully saturated rings. The van der Waals surface area contributed by atoms with E-state index >= 15 is 0 Å². The Morgan fingerprint density at radius 1 is 1.56 bits per heavy atom. The summed E-state index contributed by atoms with van der Waals surface area (Å²) < 4.78 is 26.3. The van der Waals surface area contributed by atoms with E-state index in [1.165, 1.54) is 6.92 Å². The summed E-state index contributed by atoms with van der Waals surface area (Å²) in [5.41, 5.74) is 0.296. The predicted molar refractivity (Wildman–Crippen MR) is 68.2 cm³/mol. The number of nitrogens with one attached hydrogen (secondary N) is 1. The van der Waals surface area contributed by atoms with Crippen molar-refractivity contribution in [3.05, 3.63) is 27.7 Å². The third-order valence-corrected chi connectivity index (χ3v) is 4.49. The van der Waals surface area contributed by atoms with E-state index in [0.717, 1.165) is 4.47 Å². The normalized spacial score (nSPS) is 13.5. The van der Waals surface area contributed by atoms with Gasteiger partial charge in [0, 0.05) is 4.47 Å². The van der Waals surface area contributed by atoms with Gasteiger partial charge in [0.1, 0.15) is 5.25 Å². The van der Waals surface area contributed by atoms with Gasteiger partial charge in [-0.1, -0.05) is 27.5 Å². The van der Waals surface area contributed by atoms with Crippen LogP contribution in [0.15, 0.2) is 22.7 Å². The first-order valence-corrected chi connectivity index (χ1v) is 7.16. The summed E-state index contributed by atoms with van der Waals surface area (Å²) in [6, 6.07) is 4.81. The molecular formula is C9H11BrClNO3S. The highest BCUT2D eigenvalue weighted by Gasteiger charge is 2.20. The second kappa shape index (κ2) is 5.35. The maximum Gasteiger partial charge on any atom is 0.237 e. The number of anilines is 1. The topological polar surface area (TPSA) is 66.4 Å². The molecule has 2 N–H and O–H groups in total. The van der Waals surface area contributed by atoms with Gasteiger partial charge in [-0.25, -0.2) is 8.42 Å². The van der Waals surface area contributed by atoms with Crippen LogP contribution in [0.25, 0.3) is 0 Å². The maximum atomic E-state index is 11.6. The summed E-state index contributed by atoms with van der Waals surface area (Å²) in [6.45, 7) is 0.971. The molecule has 4 nitrogen and oxygen atoms in total. The lowest BCUT2D eigenvalue weighted by molar-refractivity contribution is 0.296. The fraction of sp³-hybridized carbons (Fsp3) is 0.333. The average molecular weight is 329 g/mol. The second-order valence-electron chi connectivity index (χ2n) is 3.26. The van der Waals surface area contributed by atoms with Crippen molar-refractivity contribution in [1.82, 2.24) is 0 Å². The zero-order valence-electron chi connectivity index (χ0n) is 8.44. The smallest absolute Gasteiger partial charge is 0.237 e. The molecule has 0 amide bonds.